The molecule has 0 aliphatic rings. The van der Waals surface area contributed by atoms with E-state index >= 15 is 0 Å². The molecule has 5 aromatic carbocycles. The first kappa shape index (κ1) is 22.9. The van der Waals surface area contributed by atoms with Crippen LogP contribution in [-0.4, -0.2) is 0 Å². The molecule has 5 aromatic rings. The van der Waals surface area contributed by atoms with Gasteiger partial charge in [0.15, 0.2) is 0 Å². The monoisotopic (exact) mass is 518 g/mol. The van der Waals surface area contributed by atoms with Crippen LogP contribution < -0.4 is 10.6 Å². The van der Waals surface area contributed by atoms with Crippen molar-refractivity contribution in [3.05, 3.63) is 131 Å². The third-order valence-corrected chi connectivity index (χ3v) is 6.58. The maximum Gasteiger partial charge on any atom is 0.0390 e. The van der Waals surface area contributed by atoms with E-state index in [-0.39, 0.29) is 0 Å². The lowest BCUT2D eigenvalue weighted by Gasteiger charge is -2.15. The molecule has 5 rings (SSSR count). The number of aryl methyl sites for hydroxylation is 2. The lowest BCUT2D eigenvalue weighted by molar-refractivity contribution is 1.45. The zero-order valence-electron chi connectivity index (χ0n) is 19.8. The van der Waals surface area contributed by atoms with Gasteiger partial charge in [-0.15, -0.1) is 0 Å². The second kappa shape index (κ2) is 10.2. The smallest absolute Gasteiger partial charge is 0.0390 e. The number of benzene rings is 5. The van der Waals surface area contributed by atoms with Crippen LogP contribution in [0, 0.1) is 13.8 Å². The molecule has 0 saturated carbocycles. The van der Waals surface area contributed by atoms with Crippen molar-refractivity contribution in [1.29, 1.82) is 0 Å². The van der Waals surface area contributed by atoms with Crippen molar-refractivity contribution in [3.8, 4) is 22.3 Å². The highest BCUT2D eigenvalue weighted by atomic mass is 79.9. The van der Waals surface area contributed by atoms with E-state index in [9.17, 15) is 0 Å². The number of hydrogen-bond donors (Lipinski definition) is 2. The number of anilines is 4. The first-order chi connectivity index (χ1) is 17.0. The molecule has 0 bridgehead atoms. The molecule has 0 unspecified atom stereocenters. The Labute approximate surface area is 215 Å². The molecule has 0 aliphatic heterocycles. The van der Waals surface area contributed by atoms with Crippen LogP contribution in [0.3, 0.4) is 0 Å². The molecule has 0 amide bonds. The highest BCUT2D eigenvalue weighted by molar-refractivity contribution is 9.10. The SMILES string of the molecule is Cc1ccc(Nc2ccc(-c3ccc(Nc4ccc(C)cc4)cc3-c3ccc(Br)cc3)cc2)cc1. The number of halogens is 1. The molecular weight excluding hydrogens is 492 g/mol. The van der Waals surface area contributed by atoms with Crippen molar-refractivity contribution >= 4 is 38.7 Å². The number of rotatable bonds is 6. The summed E-state index contributed by atoms with van der Waals surface area (Å²) in [6.45, 7) is 4.20. The lowest BCUT2D eigenvalue weighted by Crippen LogP contribution is -1.93. The summed E-state index contributed by atoms with van der Waals surface area (Å²) in [5.41, 5.74) is 11.6. The van der Waals surface area contributed by atoms with Gasteiger partial charge in [-0.2, -0.15) is 0 Å². The third-order valence-electron chi connectivity index (χ3n) is 6.05. The van der Waals surface area contributed by atoms with Crippen LogP contribution in [0.2, 0.25) is 0 Å². The van der Waals surface area contributed by atoms with Gasteiger partial charge in [0.1, 0.15) is 0 Å². The molecule has 172 valence electrons. The van der Waals surface area contributed by atoms with Gasteiger partial charge in [0.05, 0.1) is 0 Å². The molecular formula is C32H27BrN2. The summed E-state index contributed by atoms with van der Waals surface area (Å²) in [6, 6.07) is 40.6. The summed E-state index contributed by atoms with van der Waals surface area (Å²) in [5.74, 6) is 0. The van der Waals surface area contributed by atoms with E-state index in [0.717, 1.165) is 27.2 Å². The minimum absolute atomic E-state index is 1.06. The Morgan fingerprint density at radius 1 is 0.429 bits per heavy atom. The Morgan fingerprint density at radius 3 is 1.37 bits per heavy atom. The summed E-state index contributed by atoms with van der Waals surface area (Å²) >= 11 is 3.57. The van der Waals surface area contributed by atoms with Gasteiger partial charge in [-0.3, -0.25) is 0 Å². The van der Waals surface area contributed by atoms with E-state index in [4.69, 9.17) is 0 Å². The first-order valence-electron chi connectivity index (χ1n) is 11.7. The topological polar surface area (TPSA) is 24.1 Å². The van der Waals surface area contributed by atoms with Gasteiger partial charge in [0, 0.05) is 27.2 Å². The molecule has 0 spiro atoms. The highest BCUT2D eigenvalue weighted by Crippen LogP contribution is 2.36. The molecule has 0 fully saturated rings. The van der Waals surface area contributed by atoms with Gasteiger partial charge in [-0.05, 0) is 96.8 Å². The van der Waals surface area contributed by atoms with Crippen LogP contribution in [0.15, 0.2) is 120 Å². The normalized spacial score (nSPS) is 10.7. The molecule has 0 radical (unpaired) electrons. The molecule has 35 heavy (non-hydrogen) atoms. The predicted molar refractivity (Wildman–Crippen MR) is 154 cm³/mol. The van der Waals surface area contributed by atoms with Crippen LogP contribution >= 0.6 is 15.9 Å². The summed E-state index contributed by atoms with van der Waals surface area (Å²) in [5, 5.41) is 7.04. The average molecular weight is 519 g/mol. The quantitative estimate of drug-likeness (QED) is 0.233. The molecule has 0 aliphatic carbocycles. The molecule has 0 aromatic heterocycles. The largest absolute Gasteiger partial charge is 0.356 e. The van der Waals surface area contributed by atoms with Crippen molar-refractivity contribution in [2.24, 2.45) is 0 Å². The highest BCUT2D eigenvalue weighted by Gasteiger charge is 2.10. The predicted octanol–water partition coefficient (Wildman–Crippen LogP) is 9.89. The Bertz CT molecular complexity index is 1420. The Morgan fingerprint density at radius 2 is 0.829 bits per heavy atom. The van der Waals surface area contributed by atoms with E-state index in [2.05, 4.69) is 156 Å². The van der Waals surface area contributed by atoms with Crippen LogP contribution in [0.1, 0.15) is 11.1 Å². The number of nitrogens with one attached hydrogen (secondary N) is 2. The van der Waals surface area contributed by atoms with Gasteiger partial charge in [-0.1, -0.05) is 81.7 Å². The Hall–Kier alpha value is -3.82. The number of hydrogen-bond acceptors (Lipinski definition) is 2. The van der Waals surface area contributed by atoms with Gasteiger partial charge < -0.3 is 10.6 Å². The van der Waals surface area contributed by atoms with E-state index in [0.29, 0.717) is 0 Å². The van der Waals surface area contributed by atoms with Gasteiger partial charge >= 0.3 is 0 Å². The maximum absolute atomic E-state index is 3.57. The van der Waals surface area contributed by atoms with Crippen LogP contribution in [0.5, 0.6) is 0 Å². The van der Waals surface area contributed by atoms with Crippen molar-refractivity contribution < 1.29 is 0 Å². The molecule has 0 heterocycles. The maximum atomic E-state index is 3.57. The fourth-order valence-electron chi connectivity index (χ4n) is 4.08. The van der Waals surface area contributed by atoms with Crippen molar-refractivity contribution in [1.82, 2.24) is 0 Å². The first-order valence-corrected chi connectivity index (χ1v) is 12.5. The van der Waals surface area contributed by atoms with Gasteiger partial charge in [-0.25, -0.2) is 0 Å². The second-order valence-corrected chi connectivity index (χ2v) is 9.74. The zero-order valence-corrected chi connectivity index (χ0v) is 21.4. The zero-order chi connectivity index (χ0) is 24.2. The van der Waals surface area contributed by atoms with Crippen molar-refractivity contribution in [2.45, 2.75) is 13.8 Å². The summed E-state index contributed by atoms with van der Waals surface area (Å²) in [6.07, 6.45) is 0. The fraction of sp³-hybridized carbons (Fsp3) is 0.0625. The lowest BCUT2D eigenvalue weighted by atomic mass is 9.94. The van der Waals surface area contributed by atoms with E-state index in [1.807, 2.05) is 0 Å². The summed E-state index contributed by atoms with van der Waals surface area (Å²) in [7, 11) is 0. The van der Waals surface area contributed by atoms with E-state index in [1.165, 1.54) is 33.4 Å². The van der Waals surface area contributed by atoms with Gasteiger partial charge in [0.2, 0.25) is 0 Å². The fourth-order valence-corrected chi connectivity index (χ4v) is 4.35. The van der Waals surface area contributed by atoms with Crippen LogP contribution in [-0.2, 0) is 0 Å². The molecule has 0 atom stereocenters. The Kier molecular flexibility index (Phi) is 6.69. The Balaban J connectivity index is 1.47. The second-order valence-electron chi connectivity index (χ2n) is 8.83. The van der Waals surface area contributed by atoms with E-state index < -0.39 is 0 Å². The van der Waals surface area contributed by atoms with Gasteiger partial charge in [0.25, 0.3) is 0 Å². The molecule has 3 heteroatoms. The summed E-state index contributed by atoms with van der Waals surface area (Å²) < 4.78 is 1.07. The third kappa shape index (κ3) is 5.64. The van der Waals surface area contributed by atoms with Crippen LogP contribution in [0.25, 0.3) is 22.3 Å². The average Bonchev–Trinajstić information content (AvgIpc) is 2.88. The molecule has 2 nitrogen and oxygen atoms in total. The van der Waals surface area contributed by atoms with Crippen molar-refractivity contribution in [2.75, 3.05) is 10.6 Å². The van der Waals surface area contributed by atoms with Crippen LogP contribution in [0.4, 0.5) is 22.7 Å². The van der Waals surface area contributed by atoms with Crippen molar-refractivity contribution in [3.63, 3.8) is 0 Å². The minimum atomic E-state index is 1.06. The summed E-state index contributed by atoms with van der Waals surface area (Å²) in [4.78, 5) is 0. The standard InChI is InChI=1S/C32H27BrN2/c1-22-3-13-27(14-4-22)34-29-17-9-24(10-18-29)31-20-19-30(35-28-15-5-23(2)6-16-28)21-32(31)25-7-11-26(33)12-8-25/h3-21,34-35H,1-2H3. The molecule has 0 saturated heterocycles. The minimum Gasteiger partial charge on any atom is -0.356 e. The van der Waals surface area contributed by atoms with E-state index in [1.54, 1.807) is 0 Å². The molecule has 2 N–H and O–H groups in total.